The monoisotopic (exact) mass is 437 g/mol. The fraction of sp³-hybridized carbons (Fsp3) is 0.316. The van der Waals surface area contributed by atoms with E-state index in [9.17, 15) is 23.1 Å². The maximum atomic E-state index is 12.4. The average Bonchev–Trinajstić information content (AvgIpc) is 3.04. The van der Waals surface area contributed by atoms with Crippen molar-refractivity contribution in [2.75, 3.05) is 13.1 Å². The molecule has 4 rings (SSSR count). The number of rotatable bonds is 6. The second-order valence-electron chi connectivity index (χ2n) is 7.08. The lowest BCUT2D eigenvalue weighted by molar-refractivity contribution is -0.274. The number of nitrogens with one attached hydrogen (secondary N) is 1. The van der Waals surface area contributed by atoms with Gasteiger partial charge in [0.1, 0.15) is 5.75 Å². The number of carbonyl (C=O) groups is 1. The van der Waals surface area contributed by atoms with Gasteiger partial charge in [-0.3, -0.25) is 4.90 Å². The third-order valence-electron chi connectivity index (χ3n) is 4.78. The van der Waals surface area contributed by atoms with Crippen LogP contribution in [-0.4, -0.2) is 61.5 Å². The molecular formula is C19H18F3N5O4. The molecule has 0 unspecified atom stereocenters. The number of hydrogen-bond acceptors (Lipinski definition) is 6. The van der Waals surface area contributed by atoms with E-state index in [1.165, 1.54) is 16.8 Å². The lowest BCUT2D eigenvalue weighted by Gasteiger charge is -2.35. The smallest absolute Gasteiger partial charge is 0.465 e. The van der Waals surface area contributed by atoms with E-state index in [1.54, 1.807) is 12.3 Å². The summed E-state index contributed by atoms with van der Waals surface area (Å²) in [4.78, 5) is 17.4. The lowest BCUT2D eigenvalue weighted by Crippen LogP contribution is -2.49. The second-order valence-corrected chi connectivity index (χ2v) is 7.08. The molecule has 1 fully saturated rings. The Balaban J connectivity index is 1.72. The van der Waals surface area contributed by atoms with Gasteiger partial charge in [-0.15, -0.1) is 13.2 Å². The SMILES string of the molecule is O=C(O)NCc1nn(-c2ccc(OC(F)(F)F)cc2)c2nccc(CN3CC(O)C3)c12. The Morgan fingerprint density at radius 3 is 2.55 bits per heavy atom. The number of aliphatic hydroxyl groups excluding tert-OH is 1. The Bertz CT molecular complexity index is 1090. The highest BCUT2D eigenvalue weighted by molar-refractivity contribution is 5.84. The molecule has 0 aliphatic carbocycles. The Hall–Kier alpha value is -3.38. The first kappa shape index (κ1) is 20.9. The van der Waals surface area contributed by atoms with E-state index >= 15 is 0 Å². The molecule has 0 spiro atoms. The number of fused-ring (bicyclic) bond motifs is 1. The number of alkyl halides is 3. The summed E-state index contributed by atoms with van der Waals surface area (Å²) in [6.07, 6.45) is -4.80. The molecule has 0 bridgehead atoms. The van der Waals surface area contributed by atoms with E-state index in [4.69, 9.17) is 5.11 Å². The molecule has 164 valence electrons. The minimum atomic E-state index is -4.80. The van der Waals surface area contributed by atoms with Crippen molar-refractivity contribution in [3.63, 3.8) is 0 Å². The predicted molar refractivity (Wildman–Crippen MR) is 102 cm³/mol. The number of carboxylic acid groups (broad SMARTS) is 1. The van der Waals surface area contributed by atoms with Gasteiger partial charge in [-0.1, -0.05) is 0 Å². The van der Waals surface area contributed by atoms with Crippen LogP contribution >= 0.6 is 0 Å². The summed E-state index contributed by atoms with van der Waals surface area (Å²) >= 11 is 0. The molecule has 3 aromatic rings. The van der Waals surface area contributed by atoms with E-state index < -0.39 is 12.5 Å². The number of β-amino-alcohol motifs (C(OH)–C–C–N with tert-alkyl or cyclic N) is 1. The number of aliphatic hydroxyl groups is 1. The van der Waals surface area contributed by atoms with Crippen molar-refractivity contribution in [3.8, 4) is 11.4 Å². The molecule has 1 amide bonds. The van der Waals surface area contributed by atoms with Crippen LogP contribution in [0.5, 0.6) is 5.75 Å². The van der Waals surface area contributed by atoms with Gasteiger partial charge < -0.3 is 20.3 Å². The van der Waals surface area contributed by atoms with Crippen molar-refractivity contribution >= 4 is 17.1 Å². The molecule has 31 heavy (non-hydrogen) atoms. The number of benzene rings is 1. The number of aromatic nitrogens is 3. The van der Waals surface area contributed by atoms with Crippen molar-refractivity contribution in [1.82, 2.24) is 25.0 Å². The largest absolute Gasteiger partial charge is 0.573 e. The van der Waals surface area contributed by atoms with Crippen LogP contribution in [0, 0.1) is 0 Å². The summed E-state index contributed by atoms with van der Waals surface area (Å²) in [5.41, 5.74) is 2.15. The van der Waals surface area contributed by atoms with Crippen molar-refractivity contribution in [2.24, 2.45) is 0 Å². The molecule has 3 heterocycles. The van der Waals surface area contributed by atoms with Gasteiger partial charge in [0.25, 0.3) is 0 Å². The van der Waals surface area contributed by atoms with Crippen LogP contribution in [0.3, 0.4) is 0 Å². The second kappa shape index (κ2) is 8.04. The van der Waals surface area contributed by atoms with Crippen LogP contribution in [0.4, 0.5) is 18.0 Å². The van der Waals surface area contributed by atoms with E-state index in [0.29, 0.717) is 42.0 Å². The van der Waals surface area contributed by atoms with Crippen LogP contribution in [0.2, 0.25) is 0 Å². The van der Waals surface area contributed by atoms with Crippen molar-refractivity contribution in [1.29, 1.82) is 0 Å². The van der Waals surface area contributed by atoms with Gasteiger partial charge in [0.15, 0.2) is 5.65 Å². The minimum absolute atomic E-state index is 0.0740. The zero-order chi connectivity index (χ0) is 22.2. The van der Waals surface area contributed by atoms with Crippen LogP contribution in [0.1, 0.15) is 11.3 Å². The summed E-state index contributed by atoms with van der Waals surface area (Å²) in [6, 6.07) is 6.93. The summed E-state index contributed by atoms with van der Waals surface area (Å²) in [7, 11) is 0. The van der Waals surface area contributed by atoms with Gasteiger partial charge >= 0.3 is 12.5 Å². The number of nitrogens with zero attached hydrogens (tertiary/aromatic N) is 4. The van der Waals surface area contributed by atoms with Gasteiger partial charge in [-0.05, 0) is 35.9 Å². The number of amides is 1. The quantitative estimate of drug-likeness (QED) is 0.542. The summed E-state index contributed by atoms with van der Waals surface area (Å²) in [5.74, 6) is -0.370. The van der Waals surface area contributed by atoms with E-state index in [2.05, 4.69) is 20.1 Å². The first-order valence-electron chi connectivity index (χ1n) is 9.28. The third-order valence-corrected chi connectivity index (χ3v) is 4.78. The predicted octanol–water partition coefficient (Wildman–Crippen LogP) is 2.26. The molecule has 1 aliphatic rings. The normalized spacial score (nSPS) is 15.1. The first-order valence-corrected chi connectivity index (χ1v) is 9.28. The highest BCUT2D eigenvalue weighted by Crippen LogP contribution is 2.28. The maximum Gasteiger partial charge on any atom is 0.573 e. The molecule has 0 atom stereocenters. The third kappa shape index (κ3) is 4.70. The molecule has 0 radical (unpaired) electrons. The van der Waals surface area contributed by atoms with Gasteiger partial charge in [-0.25, -0.2) is 14.5 Å². The first-order chi connectivity index (χ1) is 14.7. The molecule has 1 aliphatic heterocycles. The van der Waals surface area contributed by atoms with Crippen LogP contribution in [0.15, 0.2) is 36.5 Å². The molecule has 1 saturated heterocycles. The fourth-order valence-electron chi connectivity index (χ4n) is 3.48. The highest BCUT2D eigenvalue weighted by Gasteiger charge is 2.31. The van der Waals surface area contributed by atoms with Gasteiger partial charge in [-0.2, -0.15) is 5.10 Å². The summed E-state index contributed by atoms with van der Waals surface area (Å²) < 4.78 is 42.6. The number of likely N-dealkylation sites (tertiary alicyclic amines) is 1. The molecule has 0 saturated carbocycles. The van der Waals surface area contributed by atoms with E-state index in [-0.39, 0.29) is 18.4 Å². The number of ether oxygens (including phenoxy) is 1. The summed E-state index contributed by atoms with van der Waals surface area (Å²) in [6.45, 7) is 1.50. The lowest BCUT2D eigenvalue weighted by atomic mass is 10.1. The van der Waals surface area contributed by atoms with Crippen molar-refractivity contribution in [3.05, 3.63) is 47.8 Å². The molecule has 1 aromatic carbocycles. The van der Waals surface area contributed by atoms with E-state index in [0.717, 1.165) is 17.7 Å². The molecule has 9 nitrogen and oxygen atoms in total. The number of hydrogen-bond donors (Lipinski definition) is 3. The fourth-order valence-corrected chi connectivity index (χ4v) is 3.48. The Labute approximate surface area is 173 Å². The molecule has 2 aromatic heterocycles. The standard InChI is InChI=1S/C19H18F3N5O4/c20-19(21,22)31-14-3-1-12(2-4-14)27-17-16(15(25-27)7-24-18(29)30)11(5-6-23-17)8-26-9-13(28)10-26/h1-6,13,24,28H,7-10H2,(H,29,30). The topological polar surface area (TPSA) is 113 Å². The van der Waals surface area contributed by atoms with Crippen LogP contribution in [0.25, 0.3) is 16.7 Å². The molecule has 12 heteroatoms. The average molecular weight is 437 g/mol. The zero-order valence-corrected chi connectivity index (χ0v) is 16.0. The zero-order valence-electron chi connectivity index (χ0n) is 16.0. The Morgan fingerprint density at radius 1 is 1.23 bits per heavy atom. The summed E-state index contributed by atoms with van der Waals surface area (Å²) in [5, 5.41) is 25.9. The van der Waals surface area contributed by atoms with Crippen molar-refractivity contribution in [2.45, 2.75) is 25.6 Å². The number of pyridine rings is 1. The van der Waals surface area contributed by atoms with Crippen molar-refractivity contribution < 1.29 is 32.9 Å². The molecular weight excluding hydrogens is 419 g/mol. The van der Waals surface area contributed by atoms with Crippen LogP contribution < -0.4 is 10.1 Å². The van der Waals surface area contributed by atoms with Gasteiger partial charge in [0.05, 0.1) is 24.0 Å². The minimum Gasteiger partial charge on any atom is -0.465 e. The Kier molecular flexibility index (Phi) is 5.41. The van der Waals surface area contributed by atoms with E-state index in [1.807, 2.05) is 4.90 Å². The Morgan fingerprint density at radius 2 is 1.94 bits per heavy atom. The molecule has 3 N–H and O–H groups in total. The highest BCUT2D eigenvalue weighted by atomic mass is 19.4. The maximum absolute atomic E-state index is 12.4. The van der Waals surface area contributed by atoms with Crippen LogP contribution in [-0.2, 0) is 13.1 Å². The van der Waals surface area contributed by atoms with Gasteiger partial charge in [0.2, 0.25) is 0 Å². The number of halogens is 3. The van der Waals surface area contributed by atoms with Gasteiger partial charge in [0, 0.05) is 31.2 Å².